The van der Waals surface area contributed by atoms with Gasteiger partial charge < -0.3 is 5.73 Å². The molecule has 0 aliphatic heterocycles. The molecule has 0 bridgehead atoms. The fraction of sp³-hybridized carbons (Fsp3) is 0.250. The van der Waals surface area contributed by atoms with E-state index in [1.54, 1.807) is 6.07 Å². The number of quaternary nitrogens is 1. The maximum Gasteiger partial charge on any atom is 0.107 e. The van der Waals surface area contributed by atoms with Crippen LogP contribution >= 0.6 is 23.2 Å². The van der Waals surface area contributed by atoms with Gasteiger partial charge in [0.25, 0.3) is 0 Å². The van der Waals surface area contributed by atoms with Crippen LogP contribution in [0.25, 0.3) is 0 Å². The predicted octanol–water partition coefficient (Wildman–Crippen LogP) is 2.30. The van der Waals surface area contributed by atoms with E-state index in [9.17, 15) is 0 Å². The minimum absolute atomic E-state index is 0.254. The topological polar surface area (TPSA) is 27.6 Å². The highest BCUT2D eigenvalue weighted by Crippen LogP contribution is 2.24. The Bertz CT molecular complexity index is 258. The molecule has 11 heavy (non-hydrogen) atoms. The molecule has 0 radical (unpaired) electrons. The normalized spacial score (nSPS) is 13.1. The lowest BCUT2D eigenvalue weighted by Gasteiger charge is -2.02. The van der Waals surface area contributed by atoms with Crippen LogP contribution in [0, 0.1) is 0 Å². The second-order valence-electron chi connectivity index (χ2n) is 2.57. The smallest absolute Gasteiger partial charge is 0.107 e. The zero-order chi connectivity index (χ0) is 8.43. The Kier molecular flexibility index (Phi) is 2.77. The highest BCUT2D eigenvalue weighted by molar-refractivity contribution is 6.42. The Morgan fingerprint density at radius 1 is 1.27 bits per heavy atom. The van der Waals surface area contributed by atoms with E-state index in [1.165, 1.54) is 0 Å². The third kappa shape index (κ3) is 2.09. The van der Waals surface area contributed by atoms with Gasteiger partial charge in [0, 0.05) is 5.56 Å². The van der Waals surface area contributed by atoms with Crippen LogP contribution in [0.2, 0.25) is 10.0 Å². The summed E-state index contributed by atoms with van der Waals surface area (Å²) >= 11 is 11.5. The van der Waals surface area contributed by atoms with Gasteiger partial charge in [-0.05, 0) is 19.1 Å². The van der Waals surface area contributed by atoms with Crippen LogP contribution in [-0.4, -0.2) is 0 Å². The molecule has 0 fully saturated rings. The van der Waals surface area contributed by atoms with Gasteiger partial charge in [-0.15, -0.1) is 0 Å². The average molecular weight is 191 g/mol. The fourth-order valence-electron chi connectivity index (χ4n) is 0.819. The molecule has 0 saturated carbocycles. The second kappa shape index (κ2) is 3.44. The lowest BCUT2D eigenvalue weighted by molar-refractivity contribution is -0.420. The molecule has 1 nitrogen and oxygen atoms in total. The first-order valence-electron chi connectivity index (χ1n) is 3.39. The molecule has 0 aliphatic rings. The molecule has 3 N–H and O–H groups in total. The number of halogens is 2. The van der Waals surface area contributed by atoms with Gasteiger partial charge in [0.2, 0.25) is 0 Å². The van der Waals surface area contributed by atoms with Crippen molar-refractivity contribution in [3.05, 3.63) is 33.8 Å². The molecule has 1 aromatic carbocycles. The first kappa shape index (κ1) is 8.85. The van der Waals surface area contributed by atoms with Gasteiger partial charge in [-0.2, -0.15) is 0 Å². The second-order valence-corrected chi connectivity index (χ2v) is 3.39. The maximum atomic E-state index is 5.80. The summed E-state index contributed by atoms with van der Waals surface area (Å²) in [5.41, 5.74) is 4.99. The Labute approximate surface area is 76.1 Å². The molecule has 60 valence electrons. The van der Waals surface area contributed by atoms with Gasteiger partial charge >= 0.3 is 0 Å². The first-order chi connectivity index (χ1) is 5.11. The summed E-state index contributed by atoms with van der Waals surface area (Å²) in [6.45, 7) is 2.01. The molecule has 0 saturated heterocycles. The Balaban J connectivity index is 3.05. The molecular formula is C8H10Cl2N+. The molecule has 1 rings (SSSR count). The minimum atomic E-state index is 0.254. The fourth-order valence-corrected chi connectivity index (χ4v) is 1.13. The monoisotopic (exact) mass is 190 g/mol. The van der Waals surface area contributed by atoms with E-state index in [-0.39, 0.29) is 6.04 Å². The van der Waals surface area contributed by atoms with Crippen molar-refractivity contribution in [2.24, 2.45) is 0 Å². The van der Waals surface area contributed by atoms with Crippen LogP contribution < -0.4 is 5.73 Å². The number of hydrogen-bond acceptors (Lipinski definition) is 0. The molecule has 1 aromatic rings. The standard InChI is InChI=1S/C8H9Cl2N/c1-5(11)6-2-3-7(9)8(10)4-6/h2-5H,11H2,1H3/p+1/t5-/m1/s1. The quantitative estimate of drug-likeness (QED) is 0.705. The van der Waals surface area contributed by atoms with Crippen molar-refractivity contribution < 1.29 is 5.73 Å². The Morgan fingerprint density at radius 2 is 1.91 bits per heavy atom. The van der Waals surface area contributed by atoms with Gasteiger partial charge in [0.15, 0.2) is 0 Å². The molecular weight excluding hydrogens is 181 g/mol. The number of hydrogen-bond donors (Lipinski definition) is 1. The van der Waals surface area contributed by atoms with Crippen molar-refractivity contribution in [3.8, 4) is 0 Å². The van der Waals surface area contributed by atoms with Crippen molar-refractivity contribution in [2.45, 2.75) is 13.0 Å². The Morgan fingerprint density at radius 3 is 2.36 bits per heavy atom. The molecule has 0 heterocycles. The van der Waals surface area contributed by atoms with Crippen molar-refractivity contribution in [1.29, 1.82) is 0 Å². The summed E-state index contributed by atoms with van der Waals surface area (Å²) < 4.78 is 0. The van der Waals surface area contributed by atoms with Crippen LogP contribution in [0.3, 0.4) is 0 Å². The van der Waals surface area contributed by atoms with Crippen LogP contribution in [0.1, 0.15) is 18.5 Å². The lowest BCUT2D eigenvalue weighted by Crippen LogP contribution is -2.51. The summed E-state index contributed by atoms with van der Waals surface area (Å²) in [6, 6.07) is 5.83. The molecule has 0 unspecified atom stereocenters. The largest absolute Gasteiger partial charge is 0.352 e. The van der Waals surface area contributed by atoms with Crippen molar-refractivity contribution in [1.82, 2.24) is 0 Å². The Hall–Kier alpha value is -0.240. The predicted molar refractivity (Wildman–Crippen MR) is 47.8 cm³/mol. The summed E-state index contributed by atoms with van der Waals surface area (Å²) in [6.07, 6.45) is 0. The third-order valence-corrected chi connectivity index (χ3v) is 2.25. The average Bonchev–Trinajstić information content (AvgIpc) is 1.94. The highest BCUT2D eigenvalue weighted by Gasteiger charge is 2.04. The molecule has 1 atom stereocenters. The van der Waals surface area contributed by atoms with E-state index in [1.807, 2.05) is 19.1 Å². The first-order valence-corrected chi connectivity index (χ1v) is 4.15. The summed E-state index contributed by atoms with van der Waals surface area (Å²) in [5, 5.41) is 1.19. The van der Waals surface area contributed by atoms with Crippen LogP contribution in [0.4, 0.5) is 0 Å². The summed E-state index contributed by atoms with van der Waals surface area (Å²) in [7, 11) is 0. The van der Waals surface area contributed by atoms with Crippen LogP contribution in [0.15, 0.2) is 18.2 Å². The van der Waals surface area contributed by atoms with Gasteiger partial charge in [0.05, 0.1) is 10.0 Å². The van der Waals surface area contributed by atoms with Crippen LogP contribution in [-0.2, 0) is 0 Å². The number of benzene rings is 1. The van der Waals surface area contributed by atoms with E-state index < -0.39 is 0 Å². The third-order valence-electron chi connectivity index (χ3n) is 1.51. The van der Waals surface area contributed by atoms with E-state index >= 15 is 0 Å². The van der Waals surface area contributed by atoms with E-state index in [4.69, 9.17) is 23.2 Å². The molecule has 3 heteroatoms. The molecule has 0 aliphatic carbocycles. The lowest BCUT2D eigenvalue weighted by atomic mass is 10.1. The van der Waals surface area contributed by atoms with E-state index in [0.717, 1.165) is 5.56 Å². The van der Waals surface area contributed by atoms with E-state index in [0.29, 0.717) is 10.0 Å². The molecule has 0 spiro atoms. The number of rotatable bonds is 1. The van der Waals surface area contributed by atoms with Gasteiger partial charge in [-0.3, -0.25) is 0 Å². The van der Waals surface area contributed by atoms with Gasteiger partial charge in [-0.1, -0.05) is 29.3 Å². The molecule has 0 aromatic heterocycles. The van der Waals surface area contributed by atoms with E-state index in [2.05, 4.69) is 5.73 Å². The zero-order valence-electron chi connectivity index (χ0n) is 6.27. The molecule has 0 amide bonds. The van der Waals surface area contributed by atoms with Crippen LogP contribution in [0.5, 0.6) is 0 Å². The SMILES string of the molecule is C[C@@H]([NH3+])c1ccc(Cl)c(Cl)c1. The van der Waals surface area contributed by atoms with Gasteiger partial charge in [-0.25, -0.2) is 0 Å². The van der Waals surface area contributed by atoms with Crippen molar-refractivity contribution in [3.63, 3.8) is 0 Å². The summed E-state index contributed by atoms with van der Waals surface area (Å²) in [5.74, 6) is 0. The highest BCUT2D eigenvalue weighted by atomic mass is 35.5. The van der Waals surface area contributed by atoms with Gasteiger partial charge in [0.1, 0.15) is 6.04 Å². The minimum Gasteiger partial charge on any atom is -0.352 e. The summed E-state index contributed by atoms with van der Waals surface area (Å²) in [4.78, 5) is 0. The van der Waals surface area contributed by atoms with Crippen molar-refractivity contribution in [2.75, 3.05) is 0 Å². The maximum absolute atomic E-state index is 5.80. The van der Waals surface area contributed by atoms with Crippen molar-refractivity contribution >= 4 is 23.2 Å². The zero-order valence-corrected chi connectivity index (χ0v) is 7.78.